The number of hydrogen-bond donors (Lipinski definition) is 0. The van der Waals surface area contributed by atoms with Crippen molar-refractivity contribution >= 4 is 44.3 Å². The van der Waals surface area contributed by atoms with Crippen molar-refractivity contribution in [1.29, 1.82) is 0 Å². The molecule has 0 spiro atoms. The number of hydrogen-bond acceptors (Lipinski definition) is 2. The molecule has 0 saturated heterocycles. The molecular formula is C14H10Br2N2. The lowest BCUT2D eigenvalue weighted by atomic mass is 10.2. The molecule has 4 heteroatoms. The van der Waals surface area contributed by atoms with Gasteiger partial charge in [0, 0.05) is 20.1 Å². The van der Waals surface area contributed by atoms with Gasteiger partial charge in [-0.05, 0) is 12.1 Å². The zero-order chi connectivity index (χ0) is 12.8. The topological polar surface area (TPSA) is 24.7 Å². The van der Waals surface area contributed by atoms with Gasteiger partial charge in [0.25, 0.3) is 0 Å². The summed E-state index contributed by atoms with van der Waals surface area (Å²) < 4.78 is 2.01. The van der Waals surface area contributed by atoms with Crippen LogP contribution in [-0.2, 0) is 0 Å². The summed E-state index contributed by atoms with van der Waals surface area (Å²) in [7, 11) is 0. The predicted molar refractivity (Wildman–Crippen MR) is 83.5 cm³/mol. The Labute approximate surface area is 123 Å². The van der Waals surface area contributed by atoms with Gasteiger partial charge in [-0.2, -0.15) is 10.2 Å². The number of rotatable bonds is 3. The van der Waals surface area contributed by atoms with Gasteiger partial charge in [0.1, 0.15) is 0 Å². The van der Waals surface area contributed by atoms with E-state index in [1.165, 1.54) is 0 Å². The van der Waals surface area contributed by atoms with E-state index in [1.54, 1.807) is 12.4 Å². The van der Waals surface area contributed by atoms with Crippen molar-refractivity contribution in [3.05, 3.63) is 68.6 Å². The number of benzene rings is 2. The van der Waals surface area contributed by atoms with Crippen molar-refractivity contribution in [2.45, 2.75) is 0 Å². The van der Waals surface area contributed by atoms with Crippen molar-refractivity contribution in [3.63, 3.8) is 0 Å². The zero-order valence-electron chi connectivity index (χ0n) is 9.42. The summed E-state index contributed by atoms with van der Waals surface area (Å²) in [5.74, 6) is 0. The van der Waals surface area contributed by atoms with Crippen LogP contribution in [0.4, 0.5) is 0 Å². The predicted octanol–water partition coefficient (Wildman–Crippen LogP) is 4.66. The Hall–Kier alpha value is -1.26. The molecule has 0 amide bonds. The molecule has 0 heterocycles. The first-order chi connectivity index (χ1) is 8.77. The van der Waals surface area contributed by atoms with Crippen molar-refractivity contribution in [3.8, 4) is 0 Å². The van der Waals surface area contributed by atoms with Crippen LogP contribution in [0.5, 0.6) is 0 Å². The molecular weight excluding hydrogens is 356 g/mol. The Balaban J connectivity index is 2.08. The minimum absolute atomic E-state index is 1.00. The summed E-state index contributed by atoms with van der Waals surface area (Å²) in [5.41, 5.74) is 2.00. The summed E-state index contributed by atoms with van der Waals surface area (Å²) in [5, 5.41) is 8.06. The second-order valence-electron chi connectivity index (χ2n) is 3.53. The average molecular weight is 366 g/mol. The molecule has 18 heavy (non-hydrogen) atoms. The van der Waals surface area contributed by atoms with E-state index >= 15 is 0 Å². The fourth-order valence-corrected chi connectivity index (χ4v) is 2.12. The number of halogens is 2. The molecule has 0 bridgehead atoms. The largest absolute Gasteiger partial charge is 0.158 e. The summed E-state index contributed by atoms with van der Waals surface area (Å²) >= 11 is 6.91. The van der Waals surface area contributed by atoms with Crippen LogP contribution in [0.1, 0.15) is 11.1 Å². The van der Waals surface area contributed by atoms with E-state index in [-0.39, 0.29) is 0 Å². The van der Waals surface area contributed by atoms with Gasteiger partial charge in [-0.1, -0.05) is 68.3 Å². The molecule has 0 saturated carbocycles. The van der Waals surface area contributed by atoms with Gasteiger partial charge in [-0.15, -0.1) is 0 Å². The lowest BCUT2D eigenvalue weighted by Gasteiger charge is -1.95. The van der Waals surface area contributed by atoms with Crippen molar-refractivity contribution in [1.82, 2.24) is 0 Å². The lowest BCUT2D eigenvalue weighted by Crippen LogP contribution is -1.83. The Morgan fingerprint density at radius 2 is 1.06 bits per heavy atom. The maximum atomic E-state index is 4.03. The van der Waals surface area contributed by atoms with Crippen molar-refractivity contribution in [2.24, 2.45) is 10.2 Å². The summed E-state index contributed by atoms with van der Waals surface area (Å²) in [6.07, 6.45) is 3.44. The molecule has 0 aromatic heterocycles. The second kappa shape index (κ2) is 6.61. The average Bonchev–Trinajstić information content (AvgIpc) is 2.38. The SMILES string of the molecule is Brc1ccccc1C=NN=Cc1ccccc1Br. The van der Waals surface area contributed by atoms with E-state index in [1.807, 2.05) is 48.5 Å². The maximum absolute atomic E-state index is 4.03. The first-order valence-corrected chi connectivity index (χ1v) is 6.91. The van der Waals surface area contributed by atoms with Crippen LogP contribution in [0.25, 0.3) is 0 Å². The Bertz CT molecular complexity index is 538. The molecule has 0 atom stereocenters. The molecule has 2 rings (SSSR count). The third-order valence-electron chi connectivity index (χ3n) is 2.27. The molecule has 2 aromatic carbocycles. The molecule has 0 radical (unpaired) electrons. The molecule has 2 nitrogen and oxygen atoms in total. The molecule has 90 valence electrons. The van der Waals surface area contributed by atoms with Crippen LogP contribution < -0.4 is 0 Å². The molecule has 0 aliphatic heterocycles. The summed E-state index contributed by atoms with van der Waals surface area (Å²) in [6, 6.07) is 15.7. The quantitative estimate of drug-likeness (QED) is 0.558. The van der Waals surface area contributed by atoms with Gasteiger partial charge in [0.2, 0.25) is 0 Å². The zero-order valence-corrected chi connectivity index (χ0v) is 12.6. The molecule has 0 N–H and O–H groups in total. The third kappa shape index (κ3) is 3.62. The van der Waals surface area contributed by atoms with Crippen LogP contribution in [-0.4, -0.2) is 12.4 Å². The van der Waals surface area contributed by atoms with Gasteiger partial charge in [-0.3, -0.25) is 0 Å². The molecule has 2 aromatic rings. The molecule has 0 unspecified atom stereocenters. The van der Waals surface area contributed by atoms with E-state index in [0.717, 1.165) is 20.1 Å². The van der Waals surface area contributed by atoms with Crippen LogP contribution in [0.15, 0.2) is 67.7 Å². The Kier molecular flexibility index (Phi) is 4.84. The van der Waals surface area contributed by atoms with Crippen molar-refractivity contribution < 1.29 is 0 Å². The van der Waals surface area contributed by atoms with E-state index in [4.69, 9.17) is 0 Å². The minimum atomic E-state index is 1.00. The van der Waals surface area contributed by atoms with Crippen molar-refractivity contribution in [2.75, 3.05) is 0 Å². The third-order valence-corrected chi connectivity index (χ3v) is 3.72. The fraction of sp³-hybridized carbons (Fsp3) is 0. The first-order valence-electron chi connectivity index (χ1n) is 5.33. The highest BCUT2D eigenvalue weighted by molar-refractivity contribution is 9.10. The van der Waals surface area contributed by atoms with Gasteiger partial charge >= 0.3 is 0 Å². The lowest BCUT2D eigenvalue weighted by molar-refractivity contribution is 1.26. The Morgan fingerprint density at radius 3 is 1.44 bits per heavy atom. The maximum Gasteiger partial charge on any atom is 0.0579 e. The second-order valence-corrected chi connectivity index (χ2v) is 5.24. The van der Waals surface area contributed by atoms with Gasteiger partial charge < -0.3 is 0 Å². The highest BCUT2D eigenvalue weighted by Gasteiger charge is 1.94. The monoisotopic (exact) mass is 364 g/mol. The fourth-order valence-electron chi connectivity index (χ4n) is 1.35. The summed E-state index contributed by atoms with van der Waals surface area (Å²) in [6.45, 7) is 0. The molecule has 0 fully saturated rings. The molecule has 0 aliphatic rings. The smallest absolute Gasteiger partial charge is 0.0579 e. The highest BCUT2D eigenvalue weighted by atomic mass is 79.9. The van der Waals surface area contributed by atoms with Crippen LogP contribution in [0.3, 0.4) is 0 Å². The van der Waals surface area contributed by atoms with E-state index in [2.05, 4.69) is 42.1 Å². The normalized spacial score (nSPS) is 11.4. The Morgan fingerprint density at radius 1 is 0.667 bits per heavy atom. The minimum Gasteiger partial charge on any atom is -0.158 e. The molecule has 0 aliphatic carbocycles. The van der Waals surface area contributed by atoms with Crippen LogP contribution >= 0.6 is 31.9 Å². The van der Waals surface area contributed by atoms with E-state index in [9.17, 15) is 0 Å². The van der Waals surface area contributed by atoms with Gasteiger partial charge in [0.15, 0.2) is 0 Å². The van der Waals surface area contributed by atoms with Crippen LogP contribution in [0.2, 0.25) is 0 Å². The van der Waals surface area contributed by atoms with Gasteiger partial charge in [0.05, 0.1) is 12.4 Å². The van der Waals surface area contributed by atoms with Crippen LogP contribution in [0, 0.1) is 0 Å². The highest BCUT2D eigenvalue weighted by Crippen LogP contribution is 2.14. The standard InChI is InChI=1S/C14H10Br2N2/c15-13-7-3-1-5-11(13)9-17-18-10-12-6-2-4-8-14(12)16/h1-10H. The summed E-state index contributed by atoms with van der Waals surface area (Å²) in [4.78, 5) is 0. The van der Waals surface area contributed by atoms with E-state index in [0.29, 0.717) is 0 Å². The van der Waals surface area contributed by atoms with E-state index < -0.39 is 0 Å². The number of nitrogens with zero attached hydrogens (tertiary/aromatic N) is 2. The van der Waals surface area contributed by atoms with Gasteiger partial charge in [-0.25, -0.2) is 0 Å². The first kappa shape index (κ1) is 13.2.